The number of ether oxygens (including phenoxy) is 2. The summed E-state index contributed by atoms with van der Waals surface area (Å²) in [6.45, 7) is -0.161. The van der Waals surface area contributed by atoms with Gasteiger partial charge in [-0.05, 0) is 18.3 Å². The largest absolute Gasteiger partial charge is 0.488 e. The molecule has 3 unspecified atom stereocenters. The SMILES string of the molecule is O=C(O)C1OCC(O)([C@H](O)CNCCc2c[nH]c(=S)n2[C@H]2COc3c(F)cc(F)cc3C2)C1O. The van der Waals surface area contributed by atoms with E-state index in [-0.39, 0.29) is 24.9 Å². The molecular formula is C21H25F2N3O7S. The van der Waals surface area contributed by atoms with Crippen molar-refractivity contribution >= 4 is 18.2 Å². The number of benzene rings is 1. The number of H-pyrrole nitrogens is 1. The highest BCUT2D eigenvalue weighted by molar-refractivity contribution is 7.71. The average molecular weight is 502 g/mol. The lowest BCUT2D eigenvalue weighted by Gasteiger charge is -2.31. The molecule has 1 fully saturated rings. The molecule has 6 N–H and O–H groups in total. The number of hydrogen-bond donors (Lipinski definition) is 6. The zero-order chi connectivity index (χ0) is 24.6. The first-order chi connectivity index (χ1) is 16.1. The summed E-state index contributed by atoms with van der Waals surface area (Å²) >= 11 is 5.38. The van der Waals surface area contributed by atoms with Gasteiger partial charge in [0.15, 0.2) is 22.4 Å². The summed E-state index contributed by atoms with van der Waals surface area (Å²) in [5.41, 5.74) is -0.918. The van der Waals surface area contributed by atoms with Gasteiger partial charge in [0.25, 0.3) is 0 Å². The van der Waals surface area contributed by atoms with Crippen LogP contribution >= 0.6 is 12.2 Å². The van der Waals surface area contributed by atoms with Gasteiger partial charge in [0.1, 0.15) is 30.2 Å². The van der Waals surface area contributed by atoms with Crippen molar-refractivity contribution in [3.8, 4) is 5.75 Å². The summed E-state index contributed by atoms with van der Waals surface area (Å²) in [4.78, 5) is 14.0. The number of carboxylic acids is 1. The van der Waals surface area contributed by atoms with E-state index in [0.29, 0.717) is 29.7 Å². The summed E-state index contributed by atoms with van der Waals surface area (Å²) in [6, 6.07) is 1.74. The van der Waals surface area contributed by atoms with Crippen molar-refractivity contribution in [1.29, 1.82) is 0 Å². The predicted molar refractivity (Wildman–Crippen MR) is 115 cm³/mol. The molecule has 2 aromatic rings. The number of aliphatic hydroxyl groups excluding tert-OH is 2. The standard InChI is InChI=1S/C21H25F2N3O7S/c22-11-3-10-4-13(8-32-16(10)14(23)5-11)26-12(6-25-20(26)34)1-2-24-7-15(27)21(31)9-33-17(18(21)28)19(29)30/h3,5-6,13,15,17-18,24,27-28,31H,1-2,4,7-9H2,(H,25,34)(H,29,30)/t13-,15-,17?,18?,21?/m1/s1. The topological polar surface area (TPSA) is 149 Å². The Morgan fingerprint density at radius 1 is 1.41 bits per heavy atom. The molecule has 13 heteroatoms. The van der Waals surface area contributed by atoms with Crippen molar-refractivity contribution in [3.05, 3.63) is 46.0 Å². The van der Waals surface area contributed by atoms with Crippen molar-refractivity contribution in [2.45, 2.75) is 42.8 Å². The molecule has 0 saturated carbocycles. The normalized spacial score (nSPS) is 27.3. The van der Waals surface area contributed by atoms with Crippen LogP contribution in [0, 0.1) is 16.4 Å². The quantitative estimate of drug-likeness (QED) is 0.218. The molecule has 5 atom stereocenters. The van der Waals surface area contributed by atoms with Gasteiger partial charge in [-0.3, -0.25) is 0 Å². The van der Waals surface area contributed by atoms with Crippen LogP contribution in [0.4, 0.5) is 8.78 Å². The number of aromatic amines is 1. The van der Waals surface area contributed by atoms with Gasteiger partial charge < -0.3 is 44.8 Å². The minimum Gasteiger partial charge on any atom is -0.488 e. The smallest absolute Gasteiger partial charge is 0.335 e. The summed E-state index contributed by atoms with van der Waals surface area (Å²) in [5.74, 6) is -2.82. The lowest BCUT2D eigenvalue weighted by Crippen LogP contribution is -2.57. The molecule has 1 saturated heterocycles. The van der Waals surface area contributed by atoms with Crippen LogP contribution in [-0.4, -0.2) is 86.2 Å². The molecule has 0 bridgehead atoms. The van der Waals surface area contributed by atoms with Crippen LogP contribution in [0.2, 0.25) is 0 Å². The number of imidazole rings is 1. The number of carboxylic acid groups (broad SMARTS) is 1. The lowest BCUT2D eigenvalue weighted by molar-refractivity contribution is -0.154. The fourth-order valence-corrected chi connectivity index (χ4v) is 4.71. The first-order valence-electron chi connectivity index (χ1n) is 10.6. The molecule has 1 aromatic heterocycles. The summed E-state index contributed by atoms with van der Waals surface area (Å²) < 4.78 is 40.3. The fourth-order valence-electron chi connectivity index (χ4n) is 4.39. The maximum Gasteiger partial charge on any atom is 0.335 e. The fraction of sp³-hybridized carbons (Fsp3) is 0.524. The molecule has 0 aliphatic carbocycles. The van der Waals surface area contributed by atoms with E-state index in [4.69, 9.17) is 26.8 Å². The second kappa shape index (κ2) is 9.68. The van der Waals surface area contributed by atoms with Crippen molar-refractivity contribution in [1.82, 2.24) is 14.9 Å². The maximum absolute atomic E-state index is 14.0. The third-order valence-electron chi connectivity index (χ3n) is 6.23. The van der Waals surface area contributed by atoms with Gasteiger partial charge in [0.2, 0.25) is 0 Å². The van der Waals surface area contributed by atoms with Gasteiger partial charge in [-0.1, -0.05) is 0 Å². The number of aliphatic hydroxyl groups is 3. The Balaban J connectivity index is 1.36. The van der Waals surface area contributed by atoms with Crippen LogP contribution in [0.15, 0.2) is 18.3 Å². The van der Waals surface area contributed by atoms with Gasteiger partial charge in [-0.2, -0.15) is 0 Å². The monoisotopic (exact) mass is 501 g/mol. The number of rotatable bonds is 8. The minimum absolute atomic E-state index is 0.0399. The Bertz CT molecular complexity index is 1130. The van der Waals surface area contributed by atoms with E-state index >= 15 is 0 Å². The second-order valence-corrected chi connectivity index (χ2v) is 8.86. The molecule has 10 nitrogen and oxygen atoms in total. The summed E-state index contributed by atoms with van der Waals surface area (Å²) in [6.07, 6.45) is -2.40. The van der Waals surface area contributed by atoms with E-state index in [1.165, 1.54) is 6.07 Å². The molecular weight excluding hydrogens is 476 g/mol. The van der Waals surface area contributed by atoms with E-state index in [0.717, 1.165) is 11.8 Å². The number of hydrogen-bond acceptors (Lipinski definition) is 8. The lowest BCUT2D eigenvalue weighted by atomic mass is 9.90. The predicted octanol–water partition coefficient (Wildman–Crippen LogP) is 0.0685. The van der Waals surface area contributed by atoms with E-state index in [9.17, 15) is 28.9 Å². The maximum atomic E-state index is 14.0. The van der Waals surface area contributed by atoms with Crippen LogP contribution in [0.3, 0.4) is 0 Å². The van der Waals surface area contributed by atoms with Crippen LogP contribution in [-0.2, 0) is 22.4 Å². The average Bonchev–Trinajstić information content (AvgIpc) is 3.30. The number of nitrogens with one attached hydrogen (secondary N) is 2. The van der Waals surface area contributed by atoms with Gasteiger partial charge in [-0.15, -0.1) is 0 Å². The molecule has 34 heavy (non-hydrogen) atoms. The zero-order valence-electron chi connectivity index (χ0n) is 17.9. The first kappa shape index (κ1) is 24.7. The summed E-state index contributed by atoms with van der Waals surface area (Å²) in [7, 11) is 0. The number of halogens is 2. The van der Waals surface area contributed by atoms with Gasteiger partial charge in [0, 0.05) is 49.5 Å². The molecule has 4 rings (SSSR count). The number of nitrogens with zero attached hydrogens (tertiary/aromatic N) is 1. The van der Waals surface area contributed by atoms with E-state index in [1.807, 2.05) is 4.57 Å². The van der Waals surface area contributed by atoms with Crippen LogP contribution in [0.25, 0.3) is 0 Å². The first-order valence-corrected chi connectivity index (χ1v) is 11.1. The molecule has 1 aromatic carbocycles. The molecule has 2 aliphatic heterocycles. The highest BCUT2D eigenvalue weighted by Gasteiger charge is 2.55. The number of fused-ring (bicyclic) bond motifs is 1. The Hall–Kier alpha value is -2.42. The highest BCUT2D eigenvalue weighted by Crippen LogP contribution is 2.33. The third-order valence-corrected chi connectivity index (χ3v) is 6.54. The Morgan fingerprint density at radius 2 is 2.18 bits per heavy atom. The van der Waals surface area contributed by atoms with Crippen molar-refractivity contribution < 1.29 is 43.5 Å². The van der Waals surface area contributed by atoms with Gasteiger partial charge in [0.05, 0.1) is 12.6 Å². The Morgan fingerprint density at radius 3 is 2.88 bits per heavy atom. The van der Waals surface area contributed by atoms with Crippen molar-refractivity contribution in [2.75, 3.05) is 26.3 Å². The third kappa shape index (κ3) is 4.59. The summed E-state index contributed by atoms with van der Waals surface area (Å²) in [5, 5.41) is 42.8. The van der Waals surface area contributed by atoms with Gasteiger partial charge in [-0.25, -0.2) is 13.6 Å². The van der Waals surface area contributed by atoms with E-state index < -0.39 is 48.1 Å². The Kier molecular flexibility index (Phi) is 7.03. The van der Waals surface area contributed by atoms with Crippen molar-refractivity contribution in [3.63, 3.8) is 0 Å². The zero-order valence-corrected chi connectivity index (χ0v) is 18.7. The van der Waals surface area contributed by atoms with Crippen LogP contribution in [0.1, 0.15) is 17.3 Å². The number of aliphatic carboxylic acids is 1. The molecule has 2 aliphatic rings. The van der Waals surface area contributed by atoms with Gasteiger partial charge >= 0.3 is 5.97 Å². The molecule has 3 heterocycles. The van der Waals surface area contributed by atoms with E-state index in [2.05, 4.69) is 10.3 Å². The molecule has 0 spiro atoms. The van der Waals surface area contributed by atoms with Crippen LogP contribution in [0.5, 0.6) is 5.75 Å². The Labute approximate surface area is 197 Å². The van der Waals surface area contributed by atoms with Crippen molar-refractivity contribution in [2.24, 2.45) is 0 Å². The molecule has 0 radical (unpaired) electrons. The van der Waals surface area contributed by atoms with E-state index in [1.54, 1.807) is 6.20 Å². The minimum atomic E-state index is -2.12. The number of aromatic nitrogens is 2. The van der Waals surface area contributed by atoms with Crippen LogP contribution < -0.4 is 10.1 Å². The molecule has 186 valence electrons. The molecule has 0 amide bonds. The second-order valence-electron chi connectivity index (χ2n) is 8.48. The number of carbonyl (C=O) groups is 1. The highest BCUT2D eigenvalue weighted by atomic mass is 32.1.